The summed E-state index contributed by atoms with van der Waals surface area (Å²) in [6.45, 7) is 5.42. The van der Waals surface area contributed by atoms with Gasteiger partial charge in [-0.05, 0) is 137 Å². The van der Waals surface area contributed by atoms with E-state index >= 15 is 0 Å². The van der Waals surface area contributed by atoms with Crippen LogP contribution in [-0.2, 0) is 25.7 Å². The molecule has 0 atom stereocenters. The van der Waals surface area contributed by atoms with E-state index in [2.05, 4.69) is 137 Å². The van der Waals surface area contributed by atoms with E-state index in [0.29, 0.717) is 0 Å². The van der Waals surface area contributed by atoms with Crippen LogP contribution in [-0.4, -0.2) is 14.5 Å². The molecule has 6 aromatic carbocycles. The highest BCUT2D eigenvalue weighted by atomic mass is 15.1. The van der Waals surface area contributed by atoms with E-state index in [9.17, 15) is 0 Å². The standard InChI is InChI=1S/C45H31N3.C5H8/c1-3-9-27(10-4-1)29-16-20-39-35(23-29)37-25-31-14-15-32-26-38-36-24-30(28-11-5-2-6-12-28)17-21-40(36)48(41-13-7-8-22-46-41)45(38)34-19-18-33(44(37)47-39)42(31)43(32)34;1-3-5-4-2/h1-13,16-17,20-26,47H,14-15,18-19H2;3-5H,1H2,2H3/b;5-4-. The van der Waals surface area contributed by atoms with Crippen molar-refractivity contribution in [1.82, 2.24) is 14.5 Å². The van der Waals surface area contributed by atoms with Gasteiger partial charge in [0, 0.05) is 33.3 Å². The van der Waals surface area contributed by atoms with Crippen LogP contribution < -0.4 is 0 Å². The minimum atomic E-state index is 0.975. The second-order valence-electron chi connectivity index (χ2n) is 14.2. The number of benzene rings is 6. The molecule has 0 amide bonds. The van der Waals surface area contributed by atoms with Crippen molar-refractivity contribution in [2.75, 3.05) is 0 Å². The Labute approximate surface area is 309 Å². The van der Waals surface area contributed by atoms with Gasteiger partial charge in [-0.25, -0.2) is 4.98 Å². The Morgan fingerprint density at radius 3 is 1.91 bits per heavy atom. The molecule has 3 heterocycles. The molecular formula is C50H39N3. The summed E-state index contributed by atoms with van der Waals surface area (Å²) in [5, 5.41) is 5.32. The van der Waals surface area contributed by atoms with Gasteiger partial charge in [-0.1, -0.05) is 104 Å². The lowest BCUT2D eigenvalue weighted by molar-refractivity contribution is 0.884. The first-order valence-corrected chi connectivity index (χ1v) is 18.7. The van der Waals surface area contributed by atoms with E-state index in [1.54, 1.807) is 6.08 Å². The molecule has 254 valence electrons. The molecular weight excluding hydrogens is 643 g/mol. The van der Waals surface area contributed by atoms with Crippen molar-refractivity contribution < 1.29 is 0 Å². The first kappa shape index (κ1) is 31.3. The smallest absolute Gasteiger partial charge is 0.137 e. The van der Waals surface area contributed by atoms with Gasteiger partial charge >= 0.3 is 0 Å². The van der Waals surface area contributed by atoms with Crippen LogP contribution in [0.15, 0.2) is 158 Å². The lowest BCUT2D eigenvalue weighted by atomic mass is 9.74. The summed E-state index contributed by atoms with van der Waals surface area (Å²) in [6, 6.07) is 46.6. The summed E-state index contributed by atoms with van der Waals surface area (Å²) in [6.07, 6.45) is 11.6. The Kier molecular flexibility index (Phi) is 7.47. The largest absolute Gasteiger partial charge is 0.354 e. The zero-order valence-electron chi connectivity index (χ0n) is 29.9. The van der Waals surface area contributed by atoms with Crippen molar-refractivity contribution in [2.45, 2.75) is 32.6 Å². The van der Waals surface area contributed by atoms with Crippen LogP contribution in [0.4, 0.5) is 0 Å². The van der Waals surface area contributed by atoms with Crippen LogP contribution in [0.3, 0.4) is 0 Å². The number of nitrogens with zero attached hydrogens (tertiary/aromatic N) is 2. The molecule has 3 heteroatoms. The van der Waals surface area contributed by atoms with Gasteiger partial charge in [0.1, 0.15) is 5.82 Å². The highest BCUT2D eigenvalue weighted by Crippen LogP contribution is 2.50. The lowest BCUT2D eigenvalue weighted by Crippen LogP contribution is -2.15. The number of pyridine rings is 1. The molecule has 3 aromatic heterocycles. The molecule has 0 spiro atoms. The minimum absolute atomic E-state index is 0.975. The van der Waals surface area contributed by atoms with Gasteiger partial charge in [0.05, 0.1) is 16.6 Å². The molecule has 0 saturated heterocycles. The topological polar surface area (TPSA) is 33.6 Å². The molecule has 2 aliphatic rings. The number of nitrogens with one attached hydrogen (secondary N) is 1. The maximum Gasteiger partial charge on any atom is 0.137 e. The first-order valence-electron chi connectivity index (χ1n) is 18.7. The average Bonchev–Trinajstić information content (AvgIpc) is 3.76. The number of H-pyrrole nitrogens is 1. The number of hydrogen-bond donors (Lipinski definition) is 1. The van der Waals surface area contributed by atoms with E-state index in [1.165, 1.54) is 99.2 Å². The second-order valence-corrected chi connectivity index (χ2v) is 14.2. The number of aryl methyl sites for hydroxylation is 4. The average molecular weight is 682 g/mol. The van der Waals surface area contributed by atoms with Crippen molar-refractivity contribution in [3.63, 3.8) is 0 Å². The molecule has 0 fully saturated rings. The number of aromatic nitrogens is 3. The van der Waals surface area contributed by atoms with E-state index in [4.69, 9.17) is 4.98 Å². The van der Waals surface area contributed by atoms with Crippen molar-refractivity contribution in [3.8, 4) is 39.2 Å². The zero-order chi connectivity index (χ0) is 35.5. The summed E-state index contributed by atoms with van der Waals surface area (Å²) in [7, 11) is 0. The van der Waals surface area contributed by atoms with E-state index in [1.807, 2.05) is 31.3 Å². The molecule has 11 rings (SSSR count). The third kappa shape index (κ3) is 4.99. The number of allylic oxidation sites excluding steroid dienone is 3. The monoisotopic (exact) mass is 681 g/mol. The molecule has 1 N–H and O–H groups in total. The van der Waals surface area contributed by atoms with E-state index in [0.717, 1.165) is 31.5 Å². The normalized spacial score (nSPS) is 13.1. The molecule has 53 heavy (non-hydrogen) atoms. The van der Waals surface area contributed by atoms with Crippen molar-refractivity contribution in [2.24, 2.45) is 0 Å². The van der Waals surface area contributed by atoms with Crippen LogP contribution in [0.2, 0.25) is 0 Å². The van der Waals surface area contributed by atoms with Gasteiger partial charge in [0.25, 0.3) is 0 Å². The predicted octanol–water partition coefficient (Wildman–Crippen LogP) is 12.8. The molecule has 0 saturated carbocycles. The number of fused-ring (bicyclic) bond motifs is 8. The Morgan fingerprint density at radius 2 is 1.25 bits per heavy atom. The highest BCUT2D eigenvalue weighted by molar-refractivity contribution is 6.16. The molecule has 0 unspecified atom stereocenters. The summed E-state index contributed by atoms with van der Waals surface area (Å²) < 4.78 is 2.43. The number of hydrogen-bond acceptors (Lipinski definition) is 1. The third-order valence-electron chi connectivity index (χ3n) is 11.3. The summed E-state index contributed by atoms with van der Waals surface area (Å²) in [5.74, 6) is 0.975. The molecule has 0 aliphatic heterocycles. The summed E-state index contributed by atoms with van der Waals surface area (Å²) in [4.78, 5) is 8.79. The van der Waals surface area contributed by atoms with Crippen LogP contribution >= 0.6 is 0 Å². The van der Waals surface area contributed by atoms with Gasteiger partial charge in [-0.2, -0.15) is 0 Å². The summed E-state index contributed by atoms with van der Waals surface area (Å²) in [5.41, 5.74) is 19.0. The Morgan fingerprint density at radius 1 is 0.604 bits per heavy atom. The second kappa shape index (κ2) is 12.6. The van der Waals surface area contributed by atoms with Gasteiger partial charge in [0.2, 0.25) is 0 Å². The number of aromatic amines is 1. The SMILES string of the molecule is C=C/C=C\C.c1ccc(-c2ccc3[nH]c4c5c6c(cc4c3c2)CCc2cc3c4cc(-c7ccccc7)ccc4n(-c4ccccn4)c3c(c2-6)CC5)cc1. The van der Waals surface area contributed by atoms with E-state index < -0.39 is 0 Å². The maximum atomic E-state index is 4.90. The predicted molar refractivity (Wildman–Crippen MR) is 224 cm³/mol. The Hall–Kier alpha value is -6.45. The lowest BCUT2D eigenvalue weighted by Gasteiger charge is -2.31. The highest BCUT2D eigenvalue weighted by Gasteiger charge is 2.32. The maximum absolute atomic E-state index is 4.90. The molecule has 0 bridgehead atoms. The van der Waals surface area contributed by atoms with Gasteiger partial charge in [-0.3, -0.25) is 4.57 Å². The molecule has 9 aromatic rings. The van der Waals surface area contributed by atoms with Crippen molar-refractivity contribution in [3.05, 3.63) is 181 Å². The van der Waals surface area contributed by atoms with Crippen LogP contribution in [0.1, 0.15) is 29.2 Å². The third-order valence-corrected chi connectivity index (χ3v) is 11.3. The minimum Gasteiger partial charge on any atom is -0.354 e. The van der Waals surface area contributed by atoms with Crippen LogP contribution in [0.25, 0.3) is 82.8 Å². The fraction of sp³-hybridized carbons (Fsp3) is 0.100. The van der Waals surface area contributed by atoms with E-state index in [-0.39, 0.29) is 0 Å². The zero-order valence-corrected chi connectivity index (χ0v) is 29.9. The van der Waals surface area contributed by atoms with Gasteiger partial charge < -0.3 is 4.98 Å². The Bertz CT molecular complexity index is 2890. The van der Waals surface area contributed by atoms with Crippen molar-refractivity contribution >= 4 is 43.6 Å². The first-order chi connectivity index (χ1) is 26.2. The fourth-order valence-electron chi connectivity index (χ4n) is 8.99. The van der Waals surface area contributed by atoms with Crippen molar-refractivity contribution in [1.29, 1.82) is 0 Å². The fourth-order valence-corrected chi connectivity index (χ4v) is 8.99. The van der Waals surface area contributed by atoms with Crippen LogP contribution in [0, 0.1) is 0 Å². The van der Waals surface area contributed by atoms with Gasteiger partial charge in [-0.15, -0.1) is 0 Å². The number of rotatable bonds is 4. The van der Waals surface area contributed by atoms with Gasteiger partial charge in [0.15, 0.2) is 0 Å². The molecule has 0 radical (unpaired) electrons. The molecule has 2 aliphatic carbocycles. The molecule has 3 nitrogen and oxygen atoms in total. The summed E-state index contributed by atoms with van der Waals surface area (Å²) >= 11 is 0. The quantitative estimate of drug-likeness (QED) is 0.184. The van der Waals surface area contributed by atoms with Crippen LogP contribution in [0.5, 0.6) is 0 Å². The Balaban J connectivity index is 0.000000659.